The second kappa shape index (κ2) is 6.69. The van der Waals surface area contributed by atoms with Crippen molar-refractivity contribution < 1.29 is 9.48 Å². The minimum atomic E-state index is -0.476. The zero-order valence-corrected chi connectivity index (χ0v) is 15.9. The summed E-state index contributed by atoms with van der Waals surface area (Å²) in [6.07, 6.45) is -0.476. The lowest BCUT2D eigenvalue weighted by molar-refractivity contribution is -0.762. The monoisotopic (exact) mass is 385 g/mol. The molecule has 2 aromatic heterocycles. The SMILES string of the molecule is CCSc1n[n+]2c(c(=O)[nH]1)-c1ccccc1N(C(C)=O)C2c1cccs1. The van der Waals surface area contributed by atoms with Crippen molar-refractivity contribution in [3.8, 4) is 11.3 Å². The minimum Gasteiger partial charge on any atom is -0.291 e. The lowest BCUT2D eigenvalue weighted by Crippen LogP contribution is -2.60. The fourth-order valence-corrected chi connectivity index (χ4v) is 4.59. The van der Waals surface area contributed by atoms with Crippen LogP contribution in [-0.2, 0) is 4.79 Å². The molecule has 1 N–H and O–H groups in total. The summed E-state index contributed by atoms with van der Waals surface area (Å²) in [6, 6.07) is 11.4. The second-order valence-corrected chi connectivity index (χ2v) is 8.01. The van der Waals surface area contributed by atoms with Crippen LogP contribution in [0.5, 0.6) is 0 Å². The van der Waals surface area contributed by atoms with E-state index in [4.69, 9.17) is 0 Å². The van der Waals surface area contributed by atoms with Gasteiger partial charge in [0.15, 0.2) is 0 Å². The van der Waals surface area contributed by atoms with Gasteiger partial charge in [0, 0.05) is 12.0 Å². The van der Waals surface area contributed by atoms with E-state index in [1.807, 2.05) is 48.7 Å². The quantitative estimate of drug-likeness (QED) is 0.556. The van der Waals surface area contributed by atoms with Crippen LogP contribution < -0.4 is 15.1 Å². The highest BCUT2D eigenvalue weighted by Gasteiger charge is 2.45. The Hall–Kier alpha value is -2.45. The van der Waals surface area contributed by atoms with Crippen LogP contribution in [0.25, 0.3) is 11.3 Å². The Morgan fingerprint density at radius 3 is 2.85 bits per heavy atom. The normalized spacial score (nSPS) is 15.5. The van der Waals surface area contributed by atoms with Crippen LogP contribution in [-0.4, -0.2) is 21.7 Å². The van der Waals surface area contributed by atoms with Crippen molar-refractivity contribution in [2.45, 2.75) is 25.2 Å². The van der Waals surface area contributed by atoms with E-state index in [0.717, 1.165) is 16.3 Å². The molecule has 1 aliphatic rings. The highest BCUT2D eigenvalue weighted by Crippen LogP contribution is 2.38. The van der Waals surface area contributed by atoms with E-state index >= 15 is 0 Å². The maximum absolute atomic E-state index is 12.9. The number of thiophene rings is 1. The third-order valence-corrected chi connectivity index (χ3v) is 5.83. The summed E-state index contributed by atoms with van der Waals surface area (Å²) >= 11 is 3.01. The Kier molecular flexibility index (Phi) is 4.37. The predicted octanol–water partition coefficient (Wildman–Crippen LogP) is 2.81. The smallest absolute Gasteiger partial charge is 0.291 e. The molecule has 8 heteroatoms. The van der Waals surface area contributed by atoms with Gasteiger partial charge in [0.1, 0.15) is 0 Å². The number of para-hydroxylation sites is 1. The molecule has 0 saturated carbocycles. The molecule has 1 aromatic carbocycles. The average Bonchev–Trinajstić information content (AvgIpc) is 3.14. The lowest BCUT2D eigenvalue weighted by Gasteiger charge is -2.30. The van der Waals surface area contributed by atoms with Gasteiger partial charge in [-0.15, -0.1) is 11.3 Å². The molecule has 4 rings (SSSR count). The average molecular weight is 385 g/mol. The van der Waals surface area contributed by atoms with Crippen LogP contribution in [0.4, 0.5) is 5.69 Å². The number of aromatic nitrogens is 3. The number of carbonyl (C=O) groups excluding carboxylic acids is 1. The Morgan fingerprint density at radius 2 is 2.15 bits per heavy atom. The molecule has 3 aromatic rings. The number of H-pyrrole nitrogens is 1. The van der Waals surface area contributed by atoms with Crippen LogP contribution >= 0.6 is 23.1 Å². The van der Waals surface area contributed by atoms with E-state index in [0.29, 0.717) is 16.4 Å². The standard InChI is InChI=1S/C18H16N4O2S2/c1-3-25-18-19-16(24)15-12-7-4-5-8-13(12)21(11(2)23)17(22(15)20-18)14-9-6-10-26-14/h4-10,17H,3H2,1-2H3/p+1. The molecule has 6 nitrogen and oxygen atoms in total. The molecule has 26 heavy (non-hydrogen) atoms. The van der Waals surface area contributed by atoms with Crippen molar-refractivity contribution in [2.24, 2.45) is 0 Å². The van der Waals surface area contributed by atoms with Gasteiger partial charge >= 0.3 is 17.4 Å². The Morgan fingerprint density at radius 1 is 1.35 bits per heavy atom. The first-order valence-electron chi connectivity index (χ1n) is 8.23. The molecule has 0 radical (unpaired) electrons. The number of carbonyl (C=O) groups is 1. The number of thioether (sulfide) groups is 1. The van der Waals surface area contributed by atoms with Crippen LogP contribution in [0.3, 0.4) is 0 Å². The largest absolute Gasteiger partial charge is 0.325 e. The van der Waals surface area contributed by atoms with Gasteiger partial charge in [-0.1, -0.05) is 36.9 Å². The third-order valence-electron chi connectivity index (χ3n) is 4.18. The predicted molar refractivity (Wildman–Crippen MR) is 103 cm³/mol. The van der Waals surface area contributed by atoms with Crippen molar-refractivity contribution >= 4 is 34.7 Å². The number of amides is 1. The highest BCUT2D eigenvalue weighted by atomic mass is 32.2. The van der Waals surface area contributed by atoms with E-state index in [2.05, 4.69) is 10.1 Å². The second-order valence-electron chi connectivity index (χ2n) is 5.78. The summed E-state index contributed by atoms with van der Waals surface area (Å²) in [6.45, 7) is 3.54. The summed E-state index contributed by atoms with van der Waals surface area (Å²) < 4.78 is 1.69. The van der Waals surface area contributed by atoms with Crippen LogP contribution in [0, 0.1) is 0 Å². The van der Waals surface area contributed by atoms with Crippen molar-refractivity contribution in [1.82, 2.24) is 10.1 Å². The number of benzene rings is 1. The van der Waals surface area contributed by atoms with E-state index in [1.165, 1.54) is 18.7 Å². The number of fused-ring (bicyclic) bond motifs is 3. The first kappa shape index (κ1) is 17.0. The van der Waals surface area contributed by atoms with Gasteiger partial charge in [-0.05, 0) is 34.0 Å². The van der Waals surface area contributed by atoms with Gasteiger partial charge in [0.2, 0.25) is 11.1 Å². The van der Waals surface area contributed by atoms with Gasteiger partial charge in [0.05, 0.1) is 16.1 Å². The fourth-order valence-electron chi connectivity index (χ4n) is 3.21. The lowest BCUT2D eigenvalue weighted by atomic mass is 10.0. The van der Waals surface area contributed by atoms with Crippen LogP contribution in [0.2, 0.25) is 0 Å². The molecule has 3 heterocycles. The van der Waals surface area contributed by atoms with Crippen molar-refractivity contribution in [2.75, 3.05) is 10.7 Å². The molecule has 0 spiro atoms. The van der Waals surface area contributed by atoms with Gasteiger partial charge in [-0.3, -0.25) is 14.6 Å². The summed E-state index contributed by atoms with van der Waals surface area (Å²) in [5.41, 5.74) is 1.70. The van der Waals surface area contributed by atoms with E-state index in [-0.39, 0.29) is 11.5 Å². The number of nitrogens with one attached hydrogen (secondary N) is 1. The number of aromatic amines is 1. The summed E-state index contributed by atoms with van der Waals surface area (Å²) in [4.78, 5) is 31.0. The number of hydrogen-bond donors (Lipinski definition) is 1. The first-order chi connectivity index (χ1) is 12.6. The van der Waals surface area contributed by atoms with Crippen molar-refractivity contribution in [3.05, 3.63) is 57.0 Å². The summed E-state index contributed by atoms with van der Waals surface area (Å²) in [7, 11) is 0. The van der Waals surface area contributed by atoms with Gasteiger partial charge in [-0.2, -0.15) is 0 Å². The zero-order chi connectivity index (χ0) is 18.3. The summed E-state index contributed by atoms with van der Waals surface area (Å²) in [5.74, 6) is 0.694. The molecule has 1 unspecified atom stereocenters. The minimum absolute atomic E-state index is 0.0965. The zero-order valence-electron chi connectivity index (χ0n) is 14.3. The fraction of sp³-hybridized carbons (Fsp3) is 0.222. The molecule has 0 aliphatic carbocycles. The van der Waals surface area contributed by atoms with Gasteiger partial charge < -0.3 is 0 Å². The molecule has 132 valence electrons. The van der Waals surface area contributed by atoms with Gasteiger partial charge in [0.25, 0.3) is 0 Å². The number of hydrogen-bond acceptors (Lipinski definition) is 5. The van der Waals surface area contributed by atoms with Crippen LogP contribution in [0.15, 0.2) is 51.7 Å². The van der Waals surface area contributed by atoms with Crippen molar-refractivity contribution in [1.29, 1.82) is 0 Å². The topological polar surface area (TPSA) is 69.9 Å². The molecule has 1 atom stereocenters. The Labute approximate surface area is 158 Å². The molecule has 0 fully saturated rings. The molecular formula is C18H17N4O2S2+. The Balaban J connectivity index is 2.07. The van der Waals surface area contributed by atoms with Crippen molar-refractivity contribution in [3.63, 3.8) is 0 Å². The van der Waals surface area contributed by atoms with Gasteiger partial charge in [-0.25, -0.2) is 4.90 Å². The van der Waals surface area contributed by atoms with E-state index in [9.17, 15) is 9.59 Å². The summed E-state index contributed by atoms with van der Waals surface area (Å²) in [5, 5.41) is 7.18. The van der Waals surface area contributed by atoms with Crippen LogP contribution in [0.1, 0.15) is 24.9 Å². The number of rotatable bonds is 3. The maximum atomic E-state index is 12.9. The molecule has 1 amide bonds. The number of anilines is 1. The molecular weight excluding hydrogens is 368 g/mol. The first-order valence-corrected chi connectivity index (χ1v) is 10.1. The van der Waals surface area contributed by atoms with E-state index < -0.39 is 6.17 Å². The third kappa shape index (κ3) is 2.65. The molecule has 1 aliphatic heterocycles. The highest BCUT2D eigenvalue weighted by molar-refractivity contribution is 7.99. The molecule has 0 saturated heterocycles. The number of nitrogens with zero attached hydrogens (tertiary/aromatic N) is 3. The van der Waals surface area contributed by atoms with E-state index in [1.54, 1.807) is 20.9 Å². The Bertz CT molecular complexity index is 1030. The maximum Gasteiger partial charge on any atom is 0.325 e. The molecule has 0 bridgehead atoms.